The Morgan fingerprint density at radius 3 is 2.74 bits per heavy atom. The molecule has 1 fully saturated rings. The van der Waals surface area contributed by atoms with Crippen LogP contribution in [-0.4, -0.2) is 38.8 Å². The van der Waals surface area contributed by atoms with Crippen molar-refractivity contribution in [3.8, 4) is 0 Å². The number of halogens is 1. The number of hydrogen-bond donors (Lipinski definition) is 1. The van der Waals surface area contributed by atoms with Crippen molar-refractivity contribution in [3.63, 3.8) is 0 Å². The van der Waals surface area contributed by atoms with E-state index >= 15 is 0 Å². The summed E-state index contributed by atoms with van der Waals surface area (Å²) in [6.45, 7) is 0.541. The van der Waals surface area contributed by atoms with Gasteiger partial charge in [-0.15, -0.1) is 0 Å². The molecule has 0 aromatic heterocycles. The molecule has 5 nitrogen and oxygen atoms in total. The largest absolute Gasteiger partial charge is 0.359 e. The smallest absolute Gasteiger partial charge is 0.244 e. The number of nitrogens with zero attached hydrogens (tertiary/aromatic N) is 1. The van der Waals surface area contributed by atoms with Gasteiger partial charge in [-0.1, -0.05) is 23.7 Å². The Hall–Kier alpha value is -1.11. The Morgan fingerprint density at radius 1 is 1.42 bits per heavy atom. The molecule has 104 valence electrons. The molecule has 7 heteroatoms. The Labute approximate surface area is 117 Å². The quantitative estimate of drug-likeness (QED) is 0.909. The SMILES string of the molecule is CNC(=O)C1CCN(S(=O)(=O)c2ccccc2Cl)C1. The van der Waals surface area contributed by atoms with Crippen molar-refractivity contribution < 1.29 is 13.2 Å². The molecule has 1 heterocycles. The maximum Gasteiger partial charge on any atom is 0.244 e. The first-order valence-corrected chi connectivity index (χ1v) is 7.75. The van der Waals surface area contributed by atoms with Gasteiger partial charge in [0.2, 0.25) is 15.9 Å². The monoisotopic (exact) mass is 302 g/mol. The Bertz CT molecular complexity index is 588. The third-order valence-corrected chi connectivity index (χ3v) is 5.59. The zero-order chi connectivity index (χ0) is 14.0. The van der Waals surface area contributed by atoms with Crippen LogP contribution in [0.3, 0.4) is 0 Å². The lowest BCUT2D eigenvalue weighted by Gasteiger charge is -2.17. The third-order valence-electron chi connectivity index (χ3n) is 3.22. The van der Waals surface area contributed by atoms with Crippen LogP contribution in [0.2, 0.25) is 5.02 Å². The molecule has 0 spiro atoms. The van der Waals surface area contributed by atoms with Crippen LogP contribution in [0.25, 0.3) is 0 Å². The zero-order valence-corrected chi connectivity index (χ0v) is 12.0. The van der Waals surface area contributed by atoms with Crippen molar-refractivity contribution in [2.45, 2.75) is 11.3 Å². The fraction of sp³-hybridized carbons (Fsp3) is 0.417. The summed E-state index contributed by atoms with van der Waals surface area (Å²) in [5.74, 6) is -0.417. The fourth-order valence-electron chi connectivity index (χ4n) is 2.16. The van der Waals surface area contributed by atoms with Gasteiger partial charge in [0.15, 0.2) is 0 Å². The van der Waals surface area contributed by atoms with E-state index in [4.69, 9.17) is 11.6 Å². The highest BCUT2D eigenvalue weighted by molar-refractivity contribution is 7.89. The highest BCUT2D eigenvalue weighted by atomic mass is 35.5. The molecule has 19 heavy (non-hydrogen) atoms. The van der Waals surface area contributed by atoms with E-state index in [1.807, 2.05) is 0 Å². The number of benzene rings is 1. The summed E-state index contributed by atoms with van der Waals surface area (Å²) in [4.78, 5) is 11.6. The first kappa shape index (κ1) is 14.3. The zero-order valence-electron chi connectivity index (χ0n) is 10.5. The molecule has 1 amide bonds. The second kappa shape index (κ2) is 5.48. The molecule has 0 saturated carbocycles. The minimum absolute atomic E-state index is 0.0919. The number of amides is 1. The van der Waals surface area contributed by atoms with E-state index in [1.165, 1.54) is 10.4 Å². The summed E-state index contributed by atoms with van der Waals surface area (Å²) in [5, 5.41) is 2.74. The number of sulfonamides is 1. The second-order valence-electron chi connectivity index (χ2n) is 4.39. The number of nitrogens with one attached hydrogen (secondary N) is 1. The molecule has 1 atom stereocenters. The molecule has 1 N–H and O–H groups in total. The van der Waals surface area contributed by atoms with Crippen molar-refractivity contribution in [2.24, 2.45) is 5.92 Å². The standard InChI is InChI=1S/C12H15ClN2O3S/c1-14-12(16)9-6-7-15(8-9)19(17,18)11-5-3-2-4-10(11)13/h2-5,9H,6-8H2,1H3,(H,14,16). The maximum atomic E-state index is 12.4. The van der Waals surface area contributed by atoms with Crippen molar-refractivity contribution in [3.05, 3.63) is 29.3 Å². The van der Waals surface area contributed by atoms with Crippen molar-refractivity contribution in [1.82, 2.24) is 9.62 Å². The number of rotatable bonds is 3. The summed E-state index contributed by atoms with van der Waals surface area (Å²) < 4.78 is 26.2. The highest BCUT2D eigenvalue weighted by Gasteiger charge is 2.36. The summed E-state index contributed by atoms with van der Waals surface area (Å²) in [7, 11) is -2.07. The van der Waals surface area contributed by atoms with Crippen LogP contribution in [0.15, 0.2) is 29.2 Å². The molecule has 0 radical (unpaired) electrons. The normalized spacial score (nSPS) is 20.4. The van der Waals surface area contributed by atoms with Crippen LogP contribution in [0, 0.1) is 5.92 Å². The molecule has 1 saturated heterocycles. The minimum atomic E-state index is -3.62. The lowest BCUT2D eigenvalue weighted by molar-refractivity contribution is -0.123. The topological polar surface area (TPSA) is 66.5 Å². The maximum absolute atomic E-state index is 12.4. The molecule has 0 bridgehead atoms. The van der Waals surface area contributed by atoms with Crippen molar-refractivity contribution in [2.75, 3.05) is 20.1 Å². The third kappa shape index (κ3) is 2.75. The Kier molecular flexibility index (Phi) is 4.13. The van der Waals surface area contributed by atoms with Gasteiger partial charge in [-0.05, 0) is 18.6 Å². The first-order chi connectivity index (χ1) is 8.96. The van der Waals surface area contributed by atoms with E-state index in [2.05, 4.69) is 5.32 Å². The summed E-state index contributed by atoms with van der Waals surface area (Å²) in [6, 6.07) is 6.33. The van der Waals surface area contributed by atoms with Gasteiger partial charge in [0.1, 0.15) is 4.90 Å². The molecular formula is C12H15ClN2O3S. The fourth-order valence-corrected chi connectivity index (χ4v) is 4.15. The molecule has 0 aliphatic carbocycles. The Morgan fingerprint density at radius 2 is 2.11 bits per heavy atom. The van der Waals surface area contributed by atoms with Gasteiger partial charge in [-0.2, -0.15) is 4.31 Å². The van der Waals surface area contributed by atoms with Gasteiger partial charge >= 0.3 is 0 Å². The van der Waals surface area contributed by atoms with Gasteiger partial charge in [-0.25, -0.2) is 8.42 Å². The predicted octanol–water partition coefficient (Wildman–Crippen LogP) is 1.10. The average molecular weight is 303 g/mol. The summed E-state index contributed by atoms with van der Waals surface area (Å²) in [5.41, 5.74) is 0. The average Bonchev–Trinajstić information content (AvgIpc) is 2.88. The first-order valence-electron chi connectivity index (χ1n) is 5.93. The number of hydrogen-bond acceptors (Lipinski definition) is 3. The number of carbonyl (C=O) groups excluding carboxylic acids is 1. The van der Waals surface area contributed by atoms with Crippen LogP contribution in [0.5, 0.6) is 0 Å². The van der Waals surface area contributed by atoms with Crippen molar-refractivity contribution in [1.29, 1.82) is 0 Å². The van der Waals surface area contributed by atoms with Crippen LogP contribution < -0.4 is 5.32 Å². The highest BCUT2D eigenvalue weighted by Crippen LogP contribution is 2.28. The van der Waals surface area contributed by atoms with E-state index in [9.17, 15) is 13.2 Å². The molecule has 1 aliphatic rings. The predicted molar refractivity (Wildman–Crippen MR) is 72.4 cm³/mol. The van der Waals surface area contributed by atoms with E-state index in [0.717, 1.165) is 0 Å². The van der Waals surface area contributed by atoms with Crippen molar-refractivity contribution >= 4 is 27.5 Å². The van der Waals surface area contributed by atoms with Crippen LogP contribution in [-0.2, 0) is 14.8 Å². The van der Waals surface area contributed by atoms with Gasteiger partial charge in [0.05, 0.1) is 10.9 Å². The second-order valence-corrected chi connectivity index (χ2v) is 6.71. The molecule has 1 aromatic rings. The van der Waals surface area contributed by atoms with E-state index in [1.54, 1.807) is 25.2 Å². The van der Waals surface area contributed by atoms with Gasteiger partial charge in [-0.3, -0.25) is 4.79 Å². The minimum Gasteiger partial charge on any atom is -0.359 e. The molecule has 2 rings (SSSR count). The molecule has 1 aliphatic heterocycles. The molecule has 1 aromatic carbocycles. The number of carbonyl (C=O) groups is 1. The van der Waals surface area contributed by atoms with Gasteiger partial charge in [0.25, 0.3) is 0 Å². The van der Waals surface area contributed by atoms with Gasteiger partial charge in [0, 0.05) is 20.1 Å². The van der Waals surface area contributed by atoms with Crippen LogP contribution in [0.1, 0.15) is 6.42 Å². The summed E-state index contributed by atoms with van der Waals surface area (Å²) in [6.07, 6.45) is 0.531. The van der Waals surface area contributed by atoms with E-state index in [-0.39, 0.29) is 28.3 Å². The lowest BCUT2D eigenvalue weighted by Crippen LogP contribution is -2.33. The molecular weight excluding hydrogens is 288 g/mol. The summed E-state index contributed by atoms with van der Waals surface area (Å²) >= 11 is 5.93. The lowest BCUT2D eigenvalue weighted by atomic mass is 10.1. The van der Waals surface area contributed by atoms with Crippen LogP contribution >= 0.6 is 11.6 Å². The van der Waals surface area contributed by atoms with Crippen LogP contribution in [0.4, 0.5) is 0 Å². The van der Waals surface area contributed by atoms with E-state index in [0.29, 0.717) is 13.0 Å². The van der Waals surface area contributed by atoms with Gasteiger partial charge < -0.3 is 5.32 Å². The molecule has 1 unspecified atom stereocenters. The Balaban J connectivity index is 2.24. The van der Waals surface area contributed by atoms with E-state index < -0.39 is 10.0 Å².